The molecule has 1 aromatic rings. The summed E-state index contributed by atoms with van der Waals surface area (Å²) in [6.07, 6.45) is 0.529. The predicted octanol–water partition coefficient (Wildman–Crippen LogP) is 1.67. The molecule has 0 aliphatic heterocycles. The van der Waals surface area contributed by atoms with Gasteiger partial charge in [0.1, 0.15) is 16.5 Å². The summed E-state index contributed by atoms with van der Waals surface area (Å²) in [5, 5.41) is 8.88. The number of aliphatic hydroxyl groups is 1. The van der Waals surface area contributed by atoms with Gasteiger partial charge in [0.2, 0.25) is 10.0 Å². The van der Waals surface area contributed by atoms with E-state index in [1.807, 2.05) is 0 Å². The fourth-order valence-electron chi connectivity index (χ4n) is 1.68. The van der Waals surface area contributed by atoms with Crippen LogP contribution in [0, 0.1) is 18.6 Å². The monoisotopic (exact) mass is 293 g/mol. The topological polar surface area (TPSA) is 57.6 Å². The Bertz CT molecular complexity index is 540. The van der Waals surface area contributed by atoms with Gasteiger partial charge in [0.25, 0.3) is 0 Å². The summed E-state index contributed by atoms with van der Waals surface area (Å²) in [6.45, 7) is 2.82. The number of rotatable bonds is 6. The van der Waals surface area contributed by atoms with E-state index < -0.39 is 26.6 Å². The molecule has 0 saturated carbocycles. The van der Waals surface area contributed by atoms with E-state index in [1.54, 1.807) is 6.92 Å². The Balaban J connectivity index is 3.28. The van der Waals surface area contributed by atoms with Crippen LogP contribution in [0.2, 0.25) is 0 Å². The van der Waals surface area contributed by atoms with Crippen molar-refractivity contribution in [3.8, 4) is 0 Å². The molecule has 0 aliphatic rings. The minimum atomic E-state index is -4.06. The van der Waals surface area contributed by atoms with Gasteiger partial charge in [-0.2, -0.15) is 4.31 Å². The normalized spacial score (nSPS) is 12.1. The molecule has 0 unspecified atom stereocenters. The maximum Gasteiger partial charge on any atom is 0.246 e. The molecule has 7 heteroatoms. The summed E-state index contributed by atoms with van der Waals surface area (Å²) in [6, 6.07) is 1.53. The average Bonchev–Trinajstić information content (AvgIpc) is 2.33. The lowest BCUT2D eigenvalue weighted by Gasteiger charge is -2.21. The first kappa shape index (κ1) is 16.0. The van der Waals surface area contributed by atoms with E-state index in [2.05, 4.69) is 0 Å². The van der Waals surface area contributed by atoms with Crippen molar-refractivity contribution in [3.63, 3.8) is 0 Å². The number of benzene rings is 1. The highest BCUT2D eigenvalue weighted by molar-refractivity contribution is 7.89. The van der Waals surface area contributed by atoms with E-state index in [4.69, 9.17) is 5.11 Å². The smallest absolute Gasteiger partial charge is 0.246 e. The molecule has 108 valence electrons. The number of halogens is 2. The van der Waals surface area contributed by atoms with Crippen LogP contribution < -0.4 is 0 Å². The van der Waals surface area contributed by atoms with Gasteiger partial charge in [-0.3, -0.25) is 0 Å². The molecule has 0 bridgehead atoms. The maximum absolute atomic E-state index is 13.7. The minimum Gasteiger partial charge on any atom is -0.395 e. The van der Waals surface area contributed by atoms with Crippen LogP contribution in [0.15, 0.2) is 17.0 Å². The van der Waals surface area contributed by atoms with E-state index in [1.165, 1.54) is 6.92 Å². The summed E-state index contributed by atoms with van der Waals surface area (Å²) < 4.78 is 52.3. The van der Waals surface area contributed by atoms with Gasteiger partial charge in [-0.25, -0.2) is 17.2 Å². The third-order valence-electron chi connectivity index (χ3n) is 2.65. The van der Waals surface area contributed by atoms with Crippen LogP contribution in [0.3, 0.4) is 0 Å². The Labute approximate surface area is 111 Å². The van der Waals surface area contributed by atoms with Crippen molar-refractivity contribution >= 4 is 10.0 Å². The Hall–Kier alpha value is -1.05. The molecular weight excluding hydrogens is 276 g/mol. The molecule has 0 spiro atoms. The van der Waals surface area contributed by atoms with Crippen LogP contribution in [-0.4, -0.2) is 37.5 Å². The van der Waals surface area contributed by atoms with Gasteiger partial charge in [-0.15, -0.1) is 0 Å². The summed E-state index contributed by atoms with van der Waals surface area (Å²) in [5.41, 5.74) is 0.0559. The van der Waals surface area contributed by atoms with E-state index in [-0.39, 0.29) is 25.3 Å². The Kier molecular flexibility index (Phi) is 5.39. The lowest BCUT2D eigenvalue weighted by Crippen LogP contribution is -2.34. The minimum absolute atomic E-state index is 0.0559. The number of sulfonamides is 1. The van der Waals surface area contributed by atoms with Crippen LogP contribution >= 0.6 is 0 Å². The van der Waals surface area contributed by atoms with Crippen molar-refractivity contribution in [1.82, 2.24) is 4.31 Å². The zero-order valence-electron chi connectivity index (χ0n) is 10.9. The van der Waals surface area contributed by atoms with Gasteiger partial charge >= 0.3 is 0 Å². The summed E-state index contributed by atoms with van der Waals surface area (Å²) in [4.78, 5) is -0.562. The molecule has 4 nitrogen and oxygen atoms in total. The van der Waals surface area contributed by atoms with Crippen LogP contribution in [-0.2, 0) is 10.0 Å². The number of nitrogens with zero attached hydrogens (tertiary/aromatic N) is 1. The van der Waals surface area contributed by atoms with Crippen LogP contribution in [0.4, 0.5) is 8.78 Å². The molecule has 0 amide bonds. The molecule has 0 saturated heterocycles. The van der Waals surface area contributed by atoms with Crippen molar-refractivity contribution in [2.75, 3.05) is 19.7 Å². The second-order valence-corrected chi connectivity index (χ2v) is 6.07. The standard InChI is InChI=1S/C12H17F2NO3S/c1-3-4-15(5-6-16)19(17,18)12-7-9(2)10(13)8-11(12)14/h7-8,16H,3-6H2,1-2H3. The largest absolute Gasteiger partial charge is 0.395 e. The highest BCUT2D eigenvalue weighted by Crippen LogP contribution is 2.22. The van der Waals surface area contributed by atoms with Crippen molar-refractivity contribution in [2.24, 2.45) is 0 Å². The molecule has 1 aromatic carbocycles. The molecule has 0 radical (unpaired) electrons. The van der Waals surface area contributed by atoms with Gasteiger partial charge in [0.15, 0.2) is 0 Å². The second kappa shape index (κ2) is 6.40. The van der Waals surface area contributed by atoms with E-state index in [9.17, 15) is 17.2 Å². The van der Waals surface area contributed by atoms with Gasteiger partial charge in [-0.1, -0.05) is 6.92 Å². The first-order chi connectivity index (χ1) is 8.84. The maximum atomic E-state index is 13.7. The van der Waals surface area contributed by atoms with Crippen LogP contribution in [0.5, 0.6) is 0 Å². The van der Waals surface area contributed by atoms with Crippen molar-refractivity contribution in [1.29, 1.82) is 0 Å². The van der Waals surface area contributed by atoms with Crippen LogP contribution in [0.1, 0.15) is 18.9 Å². The number of hydrogen-bond acceptors (Lipinski definition) is 3. The lowest BCUT2D eigenvalue weighted by molar-refractivity contribution is 0.253. The molecule has 1 rings (SSSR count). The van der Waals surface area contributed by atoms with Gasteiger partial charge < -0.3 is 5.11 Å². The second-order valence-electron chi connectivity index (χ2n) is 4.16. The SMILES string of the molecule is CCCN(CCO)S(=O)(=O)c1cc(C)c(F)cc1F. The summed E-state index contributed by atoms with van der Waals surface area (Å²) >= 11 is 0. The molecular formula is C12H17F2NO3S. The molecule has 0 atom stereocenters. The Morgan fingerprint density at radius 3 is 2.37 bits per heavy atom. The summed E-state index contributed by atoms with van der Waals surface area (Å²) in [5.74, 6) is -1.91. The van der Waals surface area contributed by atoms with Crippen molar-refractivity contribution in [2.45, 2.75) is 25.2 Å². The van der Waals surface area contributed by atoms with E-state index in [0.29, 0.717) is 12.5 Å². The molecule has 19 heavy (non-hydrogen) atoms. The third-order valence-corrected chi connectivity index (χ3v) is 4.57. The van der Waals surface area contributed by atoms with Gasteiger partial charge in [-0.05, 0) is 25.0 Å². The number of aliphatic hydroxyl groups excluding tert-OH is 1. The molecule has 0 aromatic heterocycles. The molecule has 0 aliphatic carbocycles. The first-order valence-corrected chi connectivity index (χ1v) is 7.35. The Morgan fingerprint density at radius 1 is 1.21 bits per heavy atom. The van der Waals surface area contributed by atoms with Gasteiger partial charge in [0, 0.05) is 19.2 Å². The van der Waals surface area contributed by atoms with E-state index >= 15 is 0 Å². The lowest BCUT2D eigenvalue weighted by atomic mass is 10.2. The van der Waals surface area contributed by atoms with Crippen molar-refractivity contribution < 1.29 is 22.3 Å². The fourth-order valence-corrected chi connectivity index (χ4v) is 3.33. The highest BCUT2D eigenvalue weighted by atomic mass is 32.2. The number of aryl methyl sites for hydroxylation is 1. The molecule has 1 N–H and O–H groups in total. The zero-order valence-corrected chi connectivity index (χ0v) is 11.7. The predicted molar refractivity (Wildman–Crippen MR) is 67.2 cm³/mol. The Morgan fingerprint density at radius 2 is 1.84 bits per heavy atom. The van der Waals surface area contributed by atoms with E-state index in [0.717, 1.165) is 10.4 Å². The van der Waals surface area contributed by atoms with Crippen LogP contribution in [0.25, 0.3) is 0 Å². The average molecular weight is 293 g/mol. The summed E-state index contributed by atoms with van der Waals surface area (Å²) in [7, 11) is -4.06. The van der Waals surface area contributed by atoms with Gasteiger partial charge in [0.05, 0.1) is 6.61 Å². The first-order valence-electron chi connectivity index (χ1n) is 5.91. The third kappa shape index (κ3) is 3.49. The van der Waals surface area contributed by atoms with Crippen molar-refractivity contribution in [3.05, 3.63) is 29.3 Å². The molecule has 0 fully saturated rings. The molecule has 0 heterocycles. The fraction of sp³-hybridized carbons (Fsp3) is 0.500. The zero-order chi connectivity index (χ0) is 14.6. The number of hydrogen-bond donors (Lipinski definition) is 1. The highest BCUT2D eigenvalue weighted by Gasteiger charge is 2.27. The quantitative estimate of drug-likeness (QED) is 0.868.